The molecule has 6 heteroatoms. The molecule has 1 unspecified atom stereocenters. The molecule has 1 aromatic carbocycles. The number of carbonyl (C=O) groups excluding carboxylic acids is 2. The summed E-state index contributed by atoms with van der Waals surface area (Å²) in [6.07, 6.45) is -2.15. The van der Waals surface area contributed by atoms with Crippen molar-refractivity contribution in [3.05, 3.63) is 35.9 Å². The Morgan fingerprint density at radius 3 is 2.43 bits per heavy atom. The summed E-state index contributed by atoms with van der Waals surface area (Å²) in [6, 6.07) is 9.60. The van der Waals surface area contributed by atoms with E-state index >= 15 is 0 Å². The summed E-state index contributed by atoms with van der Waals surface area (Å²) >= 11 is 0. The van der Waals surface area contributed by atoms with Crippen LogP contribution in [0.2, 0.25) is 0 Å². The molecule has 0 aliphatic carbocycles. The molecule has 1 aliphatic heterocycles. The fraction of sp³-hybridized carbons (Fsp3) is 0.467. The van der Waals surface area contributed by atoms with Gasteiger partial charge in [-0.15, -0.1) is 0 Å². The molecule has 6 nitrogen and oxygen atoms in total. The molecule has 1 aliphatic rings. The first-order valence-electron chi connectivity index (χ1n) is 6.68. The number of benzene rings is 1. The number of ether oxygens (including phenoxy) is 4. The van der Waals surface area contributed by atoms with Crippen LogP contribution in [0.15, 0.2) is 30.3 Å². The molecular formula is C15H18O6. The highest BCUT2D eigenvalue weighted by Gasteiger charge is 2.43. The van der Waals surface area contributed by atoms with Gasteiger partial charge < -0.3 is 18.9 Å². The van der Waals surface area contributed by atoms with Gasteiger partial charge in [0.15, 0.2) is 6.10 Å². The Labute approximate surface area is 122 Å². The summed E-state index contributed by atoms with van der Waals surface area (Å²) in [4.78, 5) is 22.2. The van der Waals surface area contributed by atoms with E-state index < -0.39 is 30.4 Å². The van der Waals surface area contributed by atoms with Gasteiger partial charge in [-0.2, -0.15) is 0 Å². The maximum atomic E-state index is 11.2. The first-order valence-corrected chi connectivity index (χ1v) is 6.68. The second kappa shape index (κ2) is 7.19. The van der Waals surface area contributed by atoms with Crippen LogP contribution in [0.5, 0.6) is 0 Å². The van der Waals surface area contributed by atoms with Gasteiger partial charge in [-0.25, -0.2) is 0 Å². The molecule has 1 heterocycles. The Balaban J connectivity index is 1.96. The SMILES string of the molecule is CC(=O)OC1OC[C@H](OCc2ccccc2)[C@H]1OC(C)=O. The van der Waals surface area contributed by atoms with Crippen molar-refractivity contribution in [2.24, 2.45) is 0 Å². The minimum absolute atomic E-state index is 0.197. The van der Waals surface area contributed by atoms with Crippen LogP contribution in [-0.2, 0) is 35.1 Å². The second-order valence-electron chi connectivity index (χ2n) is 4.72. The van der Waals surface area contributed by atoms with Crippen LogP contribution < -0.4 is 0 Å². The lowest BCUT2D eigenvalue weighted by atomic mass is 10.2. The molecule has 1 saturated heterocycles. The van der Waals surface area contributed by atoms with Crippen LogP contribution in [0.1, 0.15) is 19.4 Å². The summed E-state index contributed by atoms with van der Waals surface area (Å²) < 4.78 is 21.2. The Morgan fingerprint density at radius 1 is 1.14 bits per heavy atom. The number of hydrogen-bond donors (Lipinski definition) is 0. The van der Waals surface area contributed by atoms with Crippen LogP contribution in [0, 0.1) is 0 Å². The van der Waals surface area contributed by atoms with Gasteiger partial charge in [0.05, 0.1) is 13.2 Å². The predicted octanol–water partition coefficient (Wildman–Crippen LogP) is 1.42. The summed E-state index contributed by atoms with van der Waals surface area (Å²) in [5.41, 5.74) is 0.995. The van der Waals surface area contributed by atoms with E-state index in [9.17, 15) is 9.59 Å². The highest BCUT2D eigenvalue weighted by Crippen LogP contribution is 2.23. The quantitative estimate of drug-likeness (QED) is 0.765. The number of rotatable bonds is 5. The third kappa shape index (κ3) is 4.54. The van der Waals surface area contributed by atoms with Gasteiger partial charge in [0.2, 0.25) is 6.29 Å². The van der Waals surface area contributed by atoms with E-state index in [1.807, 2.05) is 30.3 Å². The Morgan fingerprint density at radius 2 is 1.81 bits per heavy atom. The molecule has 0 aromatic heterocycles. The summed E-state index contributed by atoms with van der Waals surface area (Å²) in [5.74, 6) is -0.975. The maximum absolute atomic E-state index is 11.2. The topological polar surface area (TPSA) is 71.1 Å². The van der Waals surface area contributed by atoms with Gasteiger partial charge in [0.1, 0.15) is 6.10 Å². The Bertz CT molecular complexity index is 486. The molecule has 0 radical (unpaired) electrons. The minimum atomic E-state index is -0.924. The zero-order chi connectivity index (χ0) is 15.2. The molecule has 21 heavy (non-hydrogen) atoms. The number of esters is 2. The standard InChI is InChI=1S/C15H18O6/c1-10(16)20-14-13(9-19-15(14)21-11(2)17)18-8-12-6-4-3-5-7-12/h3-7,13-15H,8-9H2,1-2H3/t13-,14+,15?/m0/s1. The summed E-state index contributed by atoms with van der Waals surface area (Å²) in [5, 5.41) is 0. The van der Waals surface area contributed by atoms with Gasteiger partial charge in [0, 0.05) is 13.8 Å². The molecular weight excluding hydrogens is 276 g/mol. The molecule has 0 bridgehead atoms. The summed E-state index contributed by atoms with van der Waals surface area (Å²) in [7, 11) is 0. The predicted molar refractivity (Wildman–Crippen MR) is 72.1 cm³/mol. The Kier molecular flexibility index (Phi) is 5.30. The molecule has 3 atom stereocenters. The van der Waals surface area contributed by atoms with Crippen LogP contribution >= 0.6 is 0 Å². The molecule has 1 fully saturated rings. The van der Waals surface area contributed by atoms with E-state index in [1.54, 1.807) is 0 Å². The molecule has 1 aromatic rings. The fourth-order valence-electron chi connectivity index (χ4n) is 2.06. The van der Waals surface area contributed by atoms with Gasteiger partial charge in [-0.1, -0.05) is 30.3 Å². The number of hydrogen-bond acceptors (Lipinski definition) is 6. The van der Waals surface area contributed by atoms with E-state index in [4.69, 9.17) is 18.9 Å². The molecule has 0 spiro atoms. The zero-order valence-electron chi connectivity index (χ0n) is 12.0. The van der Waals surface area contributed by atoms with Gasteiger partial charge in [0.25, 0.3) is 0 Å². The highest BCUT2D eigenvalue weighted by molar-refractivity contribution is 5.67. The van der Waals surface area contributed by atoms with Crippen LogP contribution in [0.3, 0.4) is 0 Å². The van der Waals surface area contributed by atoms with Crippen LogP contribution in [0.25, 0.3) is 0 Å². The van der Waals surface area contributed by atoms with Crippen molar-refractivity contribution in [3.63, 3.8) is 0 Å². The van der Waals surface area contributed by atoms with Crippen LogP contribution in [0.4, 0.5) is 0 Å². The van der Waals surface area contributed by atoms with Crippen molar-refractivity contribution in [2.75, 3.05) is 6.61 Å². The van der Waals surface area contributed by atoms with E-state index in [-0.39, 0.29) is 6.61 Å². The summed E-state index contributed by atoms with van der Waals surface area (Å²) in [6.45, 7) is 3.12. The largest absolute Gasteiger partial charge is 0.453 e. The smallest absolute Gasteiger partial charge is 0.305 e. The molecule has 114 valence electrons. The lowest BCUT2D eigenvalue weighted by Gasteiger charge is -2.22. The second-order valence-corrected chi connectivity index (χ2v) is 4.72. The first-order chi connectivity index (χ1) is 10.1. The van der Waals surface area contributed by atoms with Crippen molar-refractivity contribution in [2.45, 2.75) is 39.0 Å². The third-order valence-corrected chi connectivity index (χ3v) is 2.95. The van der Waals surface area contributed by atoms with E-state index in [0.717, 1.165) is 5.56 Å². The van der Waals surface area contributed by atoms with Gasteiger partial charge >= 0.3 is 11.9 Å². The molecule has 2 rings (SSSR count). The molecule has 0 N–H and O–H groups in total. The normalized spacial score (nSPS) is 24.6. The first kappa shape index (κ1) is 15.5. The van der Waals surface area contributed by atoms with Crippen molar-refractivity contribution in [1.29, 1.82) is 0 Å². The zero-order valence-corrected chi connectivity index (χ0v) is 12.0. The average molecular weight is 294 g/mol. The third-order valence-electron chi connectivity index (χ3n) is 2.95. The average Bonchev–Trinajstić information content (AvgIpc) is 2.79. The van der Waals surface area contributed by atoms with Crippen molar-refractivity contribution >= 4 is 11.9 Å². The van der Waals surface area contributed by atoms with Crippen molar-refractivity contribution in [1.82, 2.24) is 0 Å². The van der Waals surface area contributed by atoms with E-state index in [0.29, 0.717) is 6.61 Å². The number of carbonyl (C=O) groups is 2. The highest BCUT2D eigenvalue weighted by atomic mass is 16.7. The monoisotopic (exact) mass is 294 g/mol. The lowest BCUT2D eigenvalue weighted by Crippen LogP contribution is -2.38. The Hall–Kier alpha value is -1.92. The minimum Gasteiger partial charge on any atom is -0.453 e. The van der Waals surface area contributed by atoms with Crippen LogP contribution in [-0.4, -0.2) is 37.0 Å². The van der Waals surface area contributed by atoms with E-state index in [2.05, 4.69) is 0 Å². The maximum Gasteiger partial charge on any atom is 0.305 e. The fourth-order valence-corrected chi connectivity index (χ4v) is 2.06. The van der Waals surface area contributed by atoms with Gasteiger partial charge in [-0.05, 0) is 5.56 Å². The molecule has 0 saturated carbocycles. The van der Waals surface area contributed by atoms with Crippen molar-refractivity contribution in [3.8, 4) is 0 Å². The van der Waals surface area contributed by atoms with Crippen molar-refractivity contribution < 1.29 is 28.5 Å². The molecule has 0 amide bonds. The van der Waals surface area contributed by atoms with E-state index in [1.165, 1.54) is 13.8 Å². The lowest BCUT2D eigenvalue weighted by molar-refractivity contribution is -0.192. The van der Waals surface area contributed by atoms with Gasteiger partial charge in [-0.3, -0.25) is 9.59 Å².